The maximum atomic E-state index is 12.7. The average molecular weight is 413 g/mol. The molecule has 1 saturated carbocycles. The maximum absolute atomic E-state index is 12.7. The van der Waals surface area contributed by atoms with Crippen LogP contribution < -0.4 is 20.3 Å². The van der Waals surface area contributed by atoms with Crippen molar-refractivity contribution in [2.24, 2.45) is 17.8 Å². The fourth-order valence-electron chi connectivity index (χ4n) is 4.62. The number of hydrogen-bond donors (Lipinski definition) is 2. The van der Waals surface area contributed by atoms with Crippen LogP contribution in [0.15, 0.2) is 24.3 Å². The van der Waals surface area contributed by atoms with Crippen molar-refractivity contribution in [1.29, 1.82) is 0 Å². The van der Waals surface area contributed by atoms with E-state index in [4.69, 9.17) is 0 Å². The molecule has 5 nitrogen and oxygen atoms in total. The Labute approximate surface area is 170 Å². The van der Waals surface area contributed by atoms with E-state index >= 15 is 0 Å². The quantitative estimate of drug-likeness (QED) is 0.718. The number of likely N-dealkylation sites (N-methyl/N-ethyl adjacent to an activating group) is 1. The molecular formula is C21H30F3N3O2. The monoisotopic (exact) mass is 413 g/mol. The lowest BCUT2D eigenvalue weighted by Gasteiger charge is -2.25. The van der Waals surface area contributed by atoms with Crippen LogP contribution in [0, 0.1) is 17.8 Å². The first-order valence-electron chi connectivity index (χ1n) is 10.2. The average Bonchev–Trinajstić information content (AvgIpc) is 3.20. The van der Waals surface area contributed by atoms with E-state index in [-0.39, 0.29) is 23.7 Å². The van der Waals surface area contributed by atoms with Gasteiger partial charge in [-0.2, -0.15) is 0 Å². The third-order valence-corrected chi connectivity index (χ3v) is 5.99. The van der Waals surface area contributed by atoms with Gasteiger partial charge in [-0.05, 0) is 62.4 Å². The number of rotatable bonds is 7. The Hall–Kier alpha value is -1.96. The Morgan fingerprint density at radius 3 is 2.48 bits per heavy atom. The molecule has 3 rings (SSSR count). The van der Waals surface area contributed by atoms with Crippen LogP contribution in [-0.2, 0) is 4.79 Å². The van der Waals surface area contributed by atoms with Gasteiger partial charge in [0.15, 0.2) is 0 Å². The van der Waals surface area contributed by atoms with E-state index in [1.54, 1.807) is 12.1 Å². The van der Waals surface area contributed by atoms with Crippen LogP contribution in [0.4, 0.5) is 18.9 Å². The zero-order chi connectivity index (χ0) is 21.2. The number of fused-ring (bicyclic) bond motifs is 1. The minimum atomic E-state index is -4.68. The first-order chi connectivity index (χ1) is 13.7. The van der Waals surface area contributed by atoms with Gasteiger partial charge in [0.25, 0.3) is 0 Å². The zero-order valence-electron chi connectivity index (χ0n) is 17.1. The van der Waals surface area contributed by atoms with Gasteiger partial charge in [-0.1, -0.05) is 13.8 Å². The third-order valence-electron chi connectivity index (χ3n) is 5.99. The summed E-state index contributed by atoms with van der Waals surface area (Å²) in [6.45, 7) is 5.85. The van der Waals surface area contributed by atoms with Crippen molar-refractivity contribution in [3.05, 3.63) is 24.3 Å². The van der Waals surface area contributed by atoms with E-state index in [0.29, 0.717) is 17.8 Å². The summed E-state index contributed by atoms with van der Waals surface area (Å²) in [7, 11) is 1.81. The molecule has 0 aromatic heterocycles. The second kappa shape index (κ2) is 8.81. The molecule has 0 spiro atoms. The molecule has 1 aliphatic carbocycles. The summed E-state index contributed by atoms with van der Waals surface area (Å²) in [5.41, 5.74) is 0.881. The molecule has 4 atom stereocenters. The van der Waals surface area contributed by atoms with E-state index in [1.165, 1.54) is 12.1 Å². The molecule has 1 aromatic carbocycles. The Kier molecular flexibility index (Phi) is 6.61. The van der Waals surface area contributed by atoms with Gasteiger partial charge in [0.2, 0.25) is 5.91 Å². The molecule has 1 heterocycles. The van der Waals surface area contributed by atoms with Crippen molar-refractivity contribution in [3.8, 4) is 5.75 Å². The molecule has 1 saturated heterocycles. The number of anilines is 1. The van der Waals surface area contributed by atoms with Crippen LogP contribution in [0.2, 0.25) is 0 Å². The molecule has 1 aromatic rings. The minimum absolute atomic E-state index is 0.0546. The van der Waals surface area contributed by atoms with E-state index in [2.05, 4.69) is 34.1 Å². The number of carbonyl (C=O) groups excluding carboxylic acids is 1. The van der Waals surface area contributed by atoms with Crippen LogP contribution in [-0.4, -0.2) is 44.5 Å². The number of amides is 1. The van der Waals surface area contributed by atoms with Crippen molar-refractivity contribution in [2.45, 2.75) is 51.6 Å². The molecule has 2 N–H and O–H groups in total. The number of nitrogens with zero attached hydrogens (tertiary/aromatic N) is 1. The van der Waals surface area contributed by atoms with Crippen LogP contribution in [0.25, 0.3) is 0 Å². The first-order valence-corrected chi connectivity index (χ1v) is 10.2. The van der Waals surface area contributed by atoms with Gasteiger partial charge in [0.1, 0.15) is 5.75 Å². The van der Waals surface area contributed by atoms with Crippen molar-refractivity contribution < 1.29 is 22.7 Å². The summed E-state index contributed by atoms with van der Waals surface area (Å²) in [5.74, 6) is 1.12. The lowest BCUT2D eigenvalue weighted by molar-refractivity contribution is -0.274. The number of carbonyl (C=O) groups is 1. The summed E-state index contributed by atoms with van der Waals surface area (Å²) >= 11 is 0. The Balaban J connectivity index is 1.58. The smallest absolute Gasteiger partial charge is 0.406 e. The maximum Gasteiger partial charge on any atom is 0.573 e. The standard InChI is InChI=1S/C21H30F3N3O2/c1-13(2)10-19(25-3)20(28)26-18-9-4-14-11-27(12-17(14)18)15-5-7-16(8-6-15)29-21(22,23)24/h5-8,13-14,17-19,25H,4,9-12H2,1-3H3,(H,26,28)/t14-,17+,18+,19+/m1/s1. The molecule has 0 unspecified atom stereocenters. The van der Waals surface area contributed by atoms with Gasteiger partial charge in [0, 0.05) is 30.7 Å². The van der Waals surface area contributed by atoms with Crippen LogP contribution >= 0.6 is 0 Å². The predicted molar refractivity (Wildman–Crippen MR) is 106 cm³/mol. The van der Waals surface area contributed by atoms with Gasteiger partial charge < -0.3 is 20.3 Å². The van der Waals surface area contributed by atoms with Crippen molar-refractivity contribution in [2.75, 3.05) is 25.0 Å². The summed E-state index contributed by atoms with van der Waals surface area (Å²) in [4.78, 5) is 14.9. The second-order valence-electron chi connectivity index (χ2n) is 8.53. The fourth-order valence-corrected chi connectivity index (χ4v) is 4.62. The summed E-state index contributed by atoms with van der Waals surface area (Å²) < 4.78 is 40.9. The molecule has 162 valence electrons. The van der Waals surface area contributed by atoms with Crippen LogP contribution in [0.1, 0.15) is 33.1 Å². The number of ether oxygens (including phenoxy) is 1. The van der Waals surface area contributed by atoms with Gasteiger partial charge in [0.05, 0.1) is 6.04 Å². The van der Waals surface area contributed by atoms with Gasteiger partial charge in [-0.25, -0.2) is 0 Å². The molecule has 0 radical (unpaired) electrons. The van der Waals surface area contributed by atoms with Crippen molar-refractivity contribution in [1.82, 2.24) is 10.6 Å². The Morgan fingerprint density at radius 2 is 1.90 bits per heavy atom. The number of hydrogen-bond acceptors (Lipinski definition) is 4. The molecule has 8 heteroatoms. The minimum Gasteiger partial charge on any atom is -0.406 e. The Bertz CT molecular complexity index is 693. The van der Waals surface area contributed by atoms with E-state index in [0.717, 1.165) is 38.0 Å². The van der Waals surface area contributed by atoms with Crippen molar-refractivity contribution >= 4 is 11.6 Å². The highest BCUT2D eigenvalue weighted by atomic mass is 19.4. The number of benzene rings is 1. The predicted octanol–water partition coefficient (Wildman–Crippen LogP) is 3.55. The molecular weight excluding hydrogens is 383 g/mol. The van der Waals surface area contributed by atoms with E-state index in [1.807, 2.05) is 7.05 Å². The van der Waals surface area contributed by atoms with Crippen molar-refractivity contribution in [3.63, 3.8) is 0 Å². The largest absolute Gasteiger partial charge is 0.573 e. The summed E-state index contributed by atoms with van der Waals surface area (Å²) in [6.07, 6.45) is -1.86. The third kappa shape index (κ3) is 5.56. The highest BCUT2D eigenvalue weighted by molar-refractivity contribution is 5.82. The lowest BCUT2D eigenvalue weighted by atomic mass is 9.97. The molecule has 1 aliphatic heterocycles. The second-order valence-corrected chi connectivity index (χ2v) is 8.53. The number of alkyl halides is 3. The topological polar surface area (TPSA) is 53.6 Å². The van der Waals surface area contributed by atoms with Gasteiger partial charge in [-0.3, -0.25) is 4.79 Å². The molecule has 2 aliphatic rings. The normalized spacial score (nSPS) is 25.2. The van der Waals surface area contributed by atoms with Crippen LogP contribution in [0.3, 0.4) is 0 Å². The SMILES string of the molecule is CN[C@@H](CC(C)C)C(=O)N[C@H]1CC[C@@H]2CN(c3ccc(OC(F)(F)F)cc3)C[C@@H]21. The fraction of sp³-hybridized carbons (Fsp3) is 0.667. The highest BCUT2D eigenvalue weighted by Crippen LogP contribution is 2.40. The first kappa shape index (κ1) is 21.7. The molecule has 2 fully saturated rings. The zero-order valence-corrected chi connectivity index (χ0v) is 17.1. The van der Waals surface area contributed by atoms with Gasteiger partial charge in [-0.15, -0.1) is 13.2 Å². The molecule has 0 bridgehead atoms. The van der Waals surface area contributed by atoms with Gasteiger partial charge >= 0.3 is 6.36 Å². The van der Waals surface area contributed by atoms with Crippen LogP contribution in [0.5, 0.6) is 5.75 Å². The lowest BCUT2D eigenvalue weighted by Crippen LogP contribution is -2.49. The van der Waals surface area contributed by atoms with E-state index < -0.39 is 6.36 Å². The highest BCUT2D eigenvalue weighted by Gasteiger charge is 2.43. The Morgan fingerprint density at radius 1 is 1.21 bits per heavy atom. The molecule has 1 amide bonds. The summed E-state index contributed by atoms with van der Waals surface area (Å²) in [6, 6.07) is 5.98. The number of halogens is 3. The number of nitrogens with one attached hydrogen (secondary N) is 2. The molecule has 29 heavy (non-hydrogen) atoms. The summed E-state index contributed by atoms with van der Waals surface area (Å²) in [5, 5.41) is 6.35. The van der Waals surface area contributed by atoms with E-state index in [9.17, 15) is 18.0 Å².